The molecule has 0 saturated heterocycles. The van der Waals surface area contributed by atoms with Gasteiger partial charge in [-0.1, -0.05) is 18.2 Å². The molecule has 3 heterocycles. The summed E-state index contributed by atoms with van der Waals surface area (Å²) in [6.45, 7) is 3.66. The van der Waals surface area contributed by atoms with Gasteiger partial charge in [0.1, 0.15) is 0 Å². The predicted octanol–water partition coefficient (Wildman–Crippen LogP) is 2.10. The van der Waals surface area contributed by atoms with Crippen molar-refractivity contribution in [3.63, 3.8) is 0 Å². The summed E-state index contributed by atoms with van der Waals surface area (Å²) < 4.78 is 1.84. The lowest BCUT2D eigenvalue weighted by Crippen LogP contribution is -2.26. The van der Waals surface area contributed by atoms with Crippen molar-refractivity contribution in [1.29, 1.82) is 0 Å². The molecule has 2 N–H and O–H groups in total. The van der Waals surface area contributed by atoms with E-state index in [-0.39, 0.29) is 0 Å². The highest BCUT2D eigenvalue weighted by Gasteiger charge is 2.11. The summed E-state index contributed by atoms with van der Waals surface area (Å²) in [4.78, 5) is 8.82. The predicted molar refractivity (Wildman–Crippen MR) is 87.5 cm³/mol. The molecule has 3 aromatic rings. The molecule has 0 fully saturated rings. The highest BCUT2D eigenvalue weighted by Crippen LogP contribution is 2.19. The zero-order valence-electron chi connectivity index (χ0n) is 12.2. The monoisotopic (exact) mass is 292 g/mol. The molecule has 0 unspecified atom stereocenters. The van der Waals surface area contributed by atoms with Crippen LogP contribution in [0.3, 0.4) is 0 Å². The van der Waals surface area contributed by atoms with Crippen LogP contribution in [0.15, 0.2) is 47.7 Å². The first kappa shape index (κ1) is 12.8. The third-order valence-electron chi connectivity index (χ3n) is 3.67. The van der Waals surface area contributed by atoms with Gasteiger partial charge >= 0.3 is 0 Å². The first-order valence-corrected chi connectivity index (χ1v) is 7.26. The van der Waals surface area contributed by atoms with Crippen LogP contribution in [0.25, 0.3) is 16.6 Å². The number of aryl methyl sites for hydroxylation is 1. The molecule has 1 aliphatic rings. The Bertz CT molecular complexity index is 864. The molecule has 2 aromatic heterocycles. The largest absolute Gasteiger partial charge is 0.354 e. The standard InChI is InChI=1S/C16H16N6/c1-11-15(20-16-17-6-7-18-16)10-22(21-11)13-8-12-4-2-3-5-14(12)19-9-13/h2-5,8-10H,6-7H2,1H3,(H2,17,18,20). The van der Waals surface area contributed by atoms with Gasteiger partial charge < -0.3 is 10.6 Å². The molecular formula is C16H16N6. The Morgan fingerprint density at radius 3 is 3.05 bits per heavy atom. The Balaban J connectivity index is 1.69. The fourth-order valence-electron chi connectivity index (χ4n) is 2.51. The Hall–Kier alpha value is -2.89. The van der Waals surface area contributed by atoms with E-state index in [0.29, 0.717) is 0 Å². The van der Waals surface area contributed by atoms with E-state index >= 15 is 0 Å². The number of nitrogens with one attached hydrogen (secondary N) is 2. The first-order valence-electron chi connectivity index (χ1n) is 7.26. The van der Waals surface area contributed by atoms with Crippen molar-refractivity contribution in [1.82, 2.24) is 20.1 Å². The van der Waals surface area contributed by atoms with E-state index in [0.717, 1.165) is 47.0 Å². The summed E-state index contributed by atoms with van der Waals surface area (Å²) in [5, 5.41) is 12.1. The molecule has 0 amide bonds. The smallest absolute Gasteiger partial charge is 0.196 e. The third kappa shape index (κ3) is 2.28. The Labute approximate surface area is 127 Å². The lowest BCUT2D eigenvalue weighted by atomic mass is 10.2. The molecule has 1 aliphatic heterocycles. The minimum absolute atomic E-state index is 0.805. The second-order valence-electron chi connectivity index (χ2n) is 5.24. The van der Waals surface area contributed by atoms with Crippen LogP contribution >= 0.6 is 0 Å². The Morgan fingerprint density at radius 1 is 1.27 bits per heavy atom. The second-order valence-corrected chi connectivity index (χ2v) is 5.24. The van der Waals surface area contributed by atoms with Crippen molar-refractivity contribution in [3.8, 4) is 5.69 Å². The van der Waals surface area contributed by atoms with E-state index in [2.05, 4.69) is 37.8 Å². The average Bonchev–Trinajstić information content (AvgIpc) is 3.18. The van der Waals surface area contributed by atoms with Gasteiger partial charge in [-0.15, -0.1) is 0 Å². The Morgan fingerprint density at radius 2 is 2.18 bits per heavy atom. The van der Waals surface area contributed by atoms with Crippen molar-refractivity contribution in [2.45, 2.75) is 6.92 Å². The number of para-hydroxylation sites is 1. The third-order valence-corrected chi connectivity index (χ3v) is 3.67. The summed E-state index contributed by atoms with van der Waals surface area (Å²) in [5.41, 5.74) is 3.79. The van der Waals surface area contributed by atoms with Gasteiger partial charge in [-0.05, 0) is 19.1 Å². The molecule has 0 atom stereocenters. The number of anilines is 1. The quantitative estimate of drug-likeness (QED) is 0.759. The Kier molecular flexibility index (Phi) is 3.00. The van der Waals surface area contributed by atoms with E-state index in [1.54, 1.807) is 0 Å². The SMILES string of the molecule is Cc1nn(-c2cnc3ccccc3c2)cc1NC1=NCCN1. The van der Waals surface area contributed by atoms with Crippen molar-refractivity contribution in [3.05, 3.63) is 48.4 Å². The van der Waals surface area contributed by atoms with Crippen LogP contribution in [0, 0.1) is 6.92 Å². The number of hydrogen-bond acceptors (Lipinski definition) is 5. The molecule has 6 nitrogen and oxygen atoms in total. The number of rotatable bonds is 2. The number of benzene rings is 1. The number of aromatic nitrogens is 3. The van der Waals surface area contributed by atoms with Crippen molar-refractivity contribution in [2.75, 3.05) is 18.4 Å². The zero-order chi connectivity index (χ0) is 14.9. The highest BCUT2D eigenvalue weighted by atomic mass is 15.3. The maximum absolute atomic E-state index is 4.56. The number of guanidine groups is 1. The van der Waals surface area contributed by atoms with Gasteiger partial charge in [0.15, 0.2) is 5.96 Å². The van der Waals surface area contributed by atoms with Gasteiger partial charge in [0.2, 0.25) is 0 Å². The summed E-state index contributed by atoms with van der Waals surface area (Å²) >= 11 is 0. The van der Waals surface area contributed by atoms with E-state index in [4.69, 9.17) is 0 Å². The molecule has 110 valence electrons. The van der Waals surface area contributed by atoms with Crippen molar-refractivity contribution >= 4 is 22.5 Å². The molecule has 6 heteroatoms. The van der Waals surface area contributed by atoms with Crippen molar-refractivity contribution < 1.29 is 0 Å². The molecule has 0 aliphatic carbocycles. The first-order chi connectivity index (χ1) is 10.8. The summed E-state index contributed by atoms with van der Waals surface area (Å²) in [6.07, 6.45) is 3.80. The van der Waals surface area contributed by atoms with Gasteiger partial charge in [-0.3, -0.25) is 9.98 Å². The van der Waals surface area contributed by atoms with Crippen LogP contribution in [-0.2, 0) is 0 Å². The fourth-order valence-corrected chi connectivity index (χ4v) is 2.51. The van der Waals surface area contributed by atoms with Crippen molar-refractivity contribution in [2.24, 2.45) is 4.99 Å². The maximum atomic E-state index is 4.56. The van der Waals surface area contributed by atoms with E-state index < -0.39 is 0 Å². The lowest BCUT2D eigenvalue weighted by Gasteiger charge is -2.04. The molecule has 0 saturated carbocycles. The van der Waals surface area contributed by atoms with E-state index in [1.807, 2.05) is 42.2 Å². The number of hydrogen-bond donors (Lipinski definition) is 2. The molecule has 0 spiro atoms. The van der Waals surface area contributed by atoms with Crippen LogP contribution < -0.4 is 10.6 Å². The highest BCUT2D eigenvalue weighted by molar-refractivity contribution is 5.95. The van der Waals surface area contributed by atoms with Gasteiger partial charge in [0.25, 0.3) is 0 Å². The number of pyridine rings is 1. The topological polar surface area (TPSA) is 67.1 Å². The fraction of sp³-hybridized carbons (Fsp3) is 0.188. The van der Waals surface area contributed by atoms with Gasteiger partial charge in [0, 0.05) is 11.9 Å². The average molecular weight is 292 g/mol. The van der Waals surface area contributed by atoms with E-state index in [1.165, 1.54) is 0 Å². The molecule has 0 bridgehead atoms. The van der Waals surface area contributed by atoms with Gasteiger partial charge in [-0.25, -0.2) is 4.68 Å². The van der Waals surface area contributed by atoms with Crippen LogP contribution in [0.1, 0.15) is 5.69 Å². The van der Waals surface area contributed by atoms with Crippen LogP contribution in [0.4, 0.5) is 5.69 Å². The minimum atomic E-state index is 0.805. The summed E-state index contributed by atoms with van der Waals surface area (Å²) in [5.74, 6) is 0.805. The molecule has 22 heavy (non-hydrogen) atoms. The molecule has 1 aromatic carbocycles. The summed E-state index contributed by atoms with van der Waals surface area (Å²) in [7, 11) is 0. The zero-order valence-corrected chi connectivity index (χ0v) is 12.2. The van der Waals surface area contributed by atoms with E-state index in [9.17, 15) is 0 Å². The minimum Gasteiger partial charge on any atom is -0.354 e. The maximum Gasteiger partial charge on any atom is 0.196 e. The van der Waals surface area contributed by atoms with Gasteiger partial charge in [-0.2, -0.15) is 5.10 Å². The molecule has 4 rings (SSSR count). The number of fused-ring (bicyclic) bond motifs is 1. The summed E-state index contributed by atoms with van der Waals surface area (Å²) in [6, 6.07) is 10.1. The molecule has 0 radical (unpaired) electrons. The number of aliphatic imine (C=N–C) groups is 1. The normalized spacial score (nSPS) is 14.0. The van der Waals surface area contributed by atoms with Crippen LogP contribution in [0.5, 0.6) is 0 Å². The number of nitrogens with zero attached hydrogens (tertiary/aromatic N) is 4. The van der Waals surface area contributed by atoms with Gasteiger partial charge in [0.05, 0.1) is 41.5 Å². The van der Waals surface area contributed by atoms with Crippen LogP contribution in [-0.4, -0.2) is 33.8 Å². The van der Waals surface area contributed by atoms with Crippen LogP contribution in [0.2, 0.25) is 0 Å². The lowest BCUT2D eigenvalue weighted by molar-refractivity contribution is 0.859. The second kappa shape index (κ2) is 5.14. The molecular weight excluding hydrogens is 276 g/mol.